The summed E-state index contributed by atoms with van der Waals surface area (Å²) >= 11 is 1.58. The first-order chi connectivity index (χ1) is 8.72. The average molecular weight is 263 g/mol. The van der Waals surface area contributed by atoms with Crippen molar-refractivity contribution in [3.8, 4) is 5.75 Å². The molecule has 18 heavy (non-hydrogen) atoms. The van der Waals surface area contributed by atoms with Crippen molar-refractivity contribution in [2.24, 2.45) is 4.99 Å². The number of thiazole rings is 1. The molecule has 2 aromatic heterocycles. The van der Waals surface area contributed by atoms with Crippen LogP contribution in [-0.4, -0.2) is 14.7 Å². The third kappa shape index (κ3) is 2.79. The van der Waals surface area contributed by atoms with Gasteiger partial charge in [-0.3, -0.25) is 0 Å². The van der Waals surface area contributed by atoms with Gasteiger partial charge in [0.2, 0.25) is 0 Å². The Hall–Kier alpha value is -1.62. The molecule has 0 saturated heterocycles. The number of nitrogens with zero attached hydrogens (tertiary/aromatic N) is 3. The number of hydrogen-bond donors (Lipinski definition) is 1. The Kier molecular flexibility index (Phi) is 4.15. The molecule has 5 heteroatoms. The molecule has 96 valence electrons. The summed E-state index contributed by atoms with van der Waals surface area (Å²) in [4.78, 5) is 9.40. The minimum Gasteiger partial charge on any atom is -0.504 e. The van der Waals surface area contributed by atoms with Crippen molar-refractivity contribution in [3.63, 3.8) is 0 Å². The Morgan fingerprint density at radius 2 is 2.33 bits per heavy atom. The number of aryl methyl sites for hydroxylation is 1. The maximum atomic E-state index is 9.68. The van der Waals surface area contributed by atoms with Crippen molar-refractivity contribution in [3.05, 3.63) is 34.2 Å². The molecule has 0 atom stereocenters. The number of rotatable bonds is 4. The van der Waals surface area contributed by atoms with E-state index in [-0.39, 0.29) is 5.75 Å². The molecular formula is C13H17N3OS. The Balaban J connectivity index is 2.42. The van der Waals surface area contributed by atoms with Crippen LogP contribution < -0.4 is 4.80 Å². The Labute approximate surface area is 110 Å². The van der Waals surface area contributed by atoms with Gasteiger partial charge < -0.3 is 9.67 Å². The predicted octanol–water partition coefficient (Wildman–Crippen LogP) is 2.99. The van der Waals surface area contributed by atoms with Crippen LogP contribution in [0.5, 0.6) is 5.75 Å². The van der Waals surface area contributed by atoms with E-state index in [1.165, 1.54) is 5.69 Å². The fraction of sp³-hybridized carbons (Fsp3) is 0.385. The number of hydrogen-bond acceptors (Lipinski definition) is 4. The second kappa shape index (κ2) is 5.82. The van der Waals surface area contributed by atoms with Gasteiger partial charge in [-0.2, -0.15) is 4.99 Å². The highest BCUT2D eigenvalue weighted by atomic mass is 32.1. The van der Waals surface area contributed by atoms with Gasteiger partial charge in [0.15, 0.2) is 16.4 Å². The van der Waals surface area contributed by atoms with E-state index >= 15 is 0 Å². The highest BCUT2D eigenvalue weighted by molar-refractivity contribution is 7.07. The van der Waals surface area contributed by atoms with Crippen molar-refractivity contribution in [2.45, 2.75) is 33.2 Å². The highest BCUT2D eigenvalue weighted by Crippen LogP contribution is 2.21. The Bertz CT molecular complexity index is 586. The lowest BCUT2D eigenvalue weighted by molar-refractivity contribution is 0.474. The lowest BCUT2D eigenvalue weighted by Crippen LogP contribution is -2.16. The number of unbranched alkanes of at least 4 members (excludes halogenated alkanes) is 1. The standard InChI is InChI=1S/C13H17N3OS/c1-3-4-8-16-10(2)9-18-13(16)15-12-11(17)6-5-7-14-12/h5-7,9,17H,3-4,8H2,1-2H3/b15-13+. The molecule has 2 rings (SSSR count). The second-order valence-corrected chi connectivity index (χ2v) is 4.96. The molecule has 0 aromatic carbocycles. The summed E-state index contributed by atoms with van der Waals surface area (Å²) in [7, 11) is 0. The van der Waals surface area contributed by atoms with Gasteiger partial charge in [0.1, 0.15) is 0 Å². The third-order valence-corrected chi connectivity index (χ3v) is 3.68. The lowest BCUT2D eigenvalue weighted by Gasteiger charge is -2.04. The minimum absolute atomic E-state index is 0.116. The molecule has 0 aliphatic carbocycles. The van der Waals surface area contributed by atoms with Crippen LogP contribution in [0.15, 0.2) is 28.7 Å². The summed E-state index contributed by atoms with van der Waals surface area (Å²) in [6, 6.07) is 3.29. The quantitative estimate of drug-likeness (QED) is 0.922. The first kappa shape index (κ1) is 12.8. The molecular weight excluding hydrogens is 246 g/mol. The van der Waals surface area contributed by atoms with Gasteiger partial charge >= 0.3 is 0 Å². The summed E-state index contributed by atoms with van der Waals surface area (Å²) in [6.07, 6.45) is 3.91. The maximum Gasteiger partial charge on any atom is 0.197 e. The van der Waals surface area contributed by atoms with Gasteiger partial charge in [-0.05, 0) is 25.5 Å². The summed E-state index contributed by atoms with van der Waals surface area (Å²) in [5, 5.41) is 11.8. The normalized spacial score (nSPS) is 12.0. The smallest absolute Gasteiger partial charge is 0.197 e. The largest absolute Gasteiger partial charge is 0.504 e. The molecule has 2 heterocycles. The summed E-state index contributed by atoms with van der Waals surface area (Å²) in [6.45, 7) is 5.20. The molecule has 1 N–H and O–H groups in total. The van der Waals surface area contributed by atoms with Gasteiger partial charge in [0.25, 0.3) is 0 Å². The SMILES string of the molecule is CCCCn1c(C)cs/c1=N/c1ncccc1O. The van der Waals surface area contributed by atoms with Crippen molar-refractivity contribution in [1.29, 1.82) is 0 Å². The summed E-state index contributed by atoms with van der Waals surface area (Å²) < 4.78 is 2.17. The van der Waals surface area contributed by atoms with Crippen LogP contribution in [0.4, 0.5) is 5.82 Å². The third-order valence-electron chi connectivity index (χ3n) is 2.69. The Morgan fingerprint density at radius 3 is 3.06 bits per heavy atom. The fourth-order valence-electron chi connectivity index (χ4n) is 1.66. The molecule has 4 nitrogen and oxygen atoms in total. The van der Waals surface area contributed by atoms with Gasteiger partial charge in [-0.15, -0.1) is 11.3 Å². The van der Waals surface area contributed by atoms with E-state index in [4.69, 9.17) is 0 Å². The molecule has 0 aliphatic heterocycles. The van der Waals surface area contributed by atoms with Crippen LogP contribution >= 0.6 is 11.3 Å². The zero-order valence-corrected chi connectivity index (χ0v) is 11.4. The second-order valence-electron chi connectivity index (χ2n) is 4.12. The van der Waals surface area contributed by atoms with Crippen LogP contribution in [0.1, 0.15) is 25.5 Å². The minimum atomic E-state index is 0.116. The van der Waals surface area contributed by atoms with Crippen molar-refractivity contribution in [2.75, 3.05) is 0 Å². The van der Waals surface area contributed by atoms with Crippen LogP contribution in [0.3, 0.4) is 0 Å². The molecule has 0 spiro atoms. The molecule has 0 fully saturated rings. The van der Waals surface area contributed by atoms with Crippen LogP contribution in [0.2, 0.25) is 0 Å². The molecule has 2 aromatic rings. The van der Waals surface area contributed by atoms with E-state index in [0.717, 1.165) is 24.2 Å². The summed E-state index contributed by atoms with van der Waals surface area (Å²) in [5.41, 5.74) is 1.20. The molecule has 0 radical (unpaired) electrons. The summed E-state index contributed by atoms with van der Waals surface area (Å²) in [5.74, 6) is 0.496. The van der Waals surface area contributed by atoms with Gasteiger partial charge in [0.05, 0.1) is 0 Å². The van der Waals surface area contributed by atoms with Crippen molar-refractivity contribution < 1.29 is 5.11 Å². The molecule has 0 amide bonds. The van der Waals surface area contributed by atoms with E-state index in [9.17, 15) is 5.11 Å². The van der Waals surface area contributed by atoms with E-state index in [1.54, 1.807) is 29.7 Å². The van der Waals surface area contributed by atoms with Crippen LogP contribution in [-0.2, 0) is 6.54 Å². The van der Waals surface area contributed by atoms with Crippen molar-refractivity contribution >= 4 is 17.2 Å². The zero-order chi connectivity index (χ0) is 13.0. The molecule has 0 bridgehead atoms. The van der Waals surface area contributed by atoms with E-state index in [0.29, 0.717) is 5.82 Å². The van der Waals surface area contributed by atoms with Gasteiger partial charge in [-0.1, -0.05) is 13.3 Å². The number of aromatic nitrogens is 2. The Morgan fingerprint density at radius 1 is 1.50 bits per heavy atom. The maximum absolute atomic E-state index is 9.68. The molecule has 0 unspecified atom stereocenters. The molecule has 0 aliphatic rings. The number of aromatic hydroxyl groups is 1. The first-order valence-corrected chi connectivity index (χ1v) is 6.94. The highest BCUT2D eigenvalue weighted by Gasteiger charge is 2.03. The zero-order valence-electron chi connectivity index (χ0n) is 10.6. The van der Waals surface area contributed by atoms with Gasteiger partial charge in [-0.25, -0.2) is 4.98 Å². The van der Waals surface area contributed by atoms with Crippen molar-refractivity contribution in [1.82, 2.24) is 9.55 Å². The lowest BCUT2D eigenvalue weighted by atomic mass is 10.3. The van der Waals surface area contributed by atoms with Crippen LogP contribution in [0.25, 0.3) is 0 Å². The average Bonchev–Trinajstić information content (AvgIpc) is 2.71. The van der Waals surface area contributed by atoms with E-state index in [1.807, 2.05) is 0 Å². The van der Waals surface area contributed by atoms with Gasteiger partial charge in [0, 0.05) is 23.8 Å². The topological polar surface area (TPSA) is 50.4 Å². The fourth-order valence-corrected chi connectivity index (χ4v) is 2.56. The molecule has 0 saturated carbocycles. The number of pyridine rings is 1. The van der Waals surface area contributed by atoms with E-state index in [2.05, 4.69) is 33.8 Å². The van der Waals surface area contributed by atoms with Crippen LogP contribution in [0, 0.1) is 6.92 Å². The first-order valence-electron chi connectivity index (χ1n) is 6.06. The monoisotopic (exact) mass is 263 g/mol. The predicted molar refractivity (Wildman–Crippen MR) is 73.1 cm³/mol. The van der Waals surface area contributed by atoms with E-state index < -0.39 is 0 Å².